The minimum Gasteiger partial charge on any atom is -0.330 e. The molecule has 0 amide bonds. The van der Waals surface area contributed by atoms with Crippen molar-refractivity contribution in [3.05, 3.63) is 29.6 Å². The number of nitrogens with zero attached hydrogens (tertiary/aromatic N) is 2. The lowest BCUT2D eigenvalue weighted by Crippen LogP contribution is -2.45. The van der Waals surface area contributed by atoms with Crippen molar-refractivity contribution in [2.75, 3.05) is 0 Å². The van der Waals surface area contributed by atoms with E-state index in [1.807, 2.05) is 0 Å². The predicted molar refractivity (Wildman–Crippen MR) is 86.3 cm³/mol. The van der Waals surface area contributed by atoms with Crippen LogP contribution in [0.5, 0.6) is 0 Å². The molecule has 2 aliphatic rings. The van der Waals surface area contributed by atoms with Crippen LogP contribution in [0.2, 0.25) is 0 Å². The number of aromatic nitrogens is 2. The third kappa shape index (κ3) is 2.18. The zero-order valence-corrected chi connectivity index (χ0v) is 13.1. The molecule has 3 atom stereocenters. The Hall–Kier alpha value is -1.35. The van der Waals surface area contributed by atoms with Crippen LogP contribution in [0.3, 0.4) is 0 Å². The van der Waals surface area contributed by atoms with E-state index in [0.717, 1.165) is 17.5 Å². The van der Waals surface area contributed by atoms with Crippen molar-refractivity contribution in [2.45, 2.75) is 57.5 Å². The molecule has 3 unspecified atom stereocenters. The second kappa shape index (κ2) is 5.13. The second-order valence-corrected chi connectivity index (χ2v) is 6.92. The van der Waals surface area contributed by atoms with E-state index in [0.29, 0.717) is 6.04 Å². The average Bonchev–Trinajstić information content (AvgIpc) is 2.85. The molecule has 112 valence electrons. The fourth-order valence-corrected chi connectivity index (χ4v) is 4.49. The fraction of sp³-hybridized carbons (Fsp3) is 0.611. The number of hydrogen-bond donors (Lipinski definition) is 1. The van der Waals surface area contributed by atoms with Gasteiger partial charge in [-0.05, 0) is 50.2 Å². The average molecular weight is 283 g/mol. The van der Waals surface area contributed by atoms with Gasteiger partial charge < -0.3 is 9.88 Å². The first-order valence-electron chi connectivity index (χ1n) is 8.42. The van der Waals surface area contributed by atoms with Gasteiger partial charge in [0.25, 0.3) is 0 Å². The third-order valence-electron chi connectivity index (χ3n) is 5.59. The molecule has 0 bridgehead atoms. The molecule has 0 radical (unpaired) electrons. The first-order valence-corrected chi connectivity index (χ1v) is 8.42. The highest BCUT2D eigenvalue weighted by Crippen LogP contribution is 2.37. The van der Waals surface area contributed by atoms with Crippen molar-refractivity contribution in [1.82, 2.24) is 14.9 Å². The summed E-state index contributed by atoms with van der Waals surface area (Å²) in [6.07, 6.45) is 8.19. The maximum Gasteiger partial charge on any atom is 0.126 e. The minimum atomic E-state index is 0.432. The van der Waals surface area contributed by atoms with Crippen LogP contribution in [0.1, 0.15) is 56.0 Å². The van der Waals surface area contributed by atoms with Gasteiger partial charge in [0.15, 0.2) is 0 Å². The predicted octanol–water partition coefficient (Wildman–Crippen LogP) is 3.87. The number of imidazole rings is 1. The Morgan fingerprint density at radius 3 is 2.86 bits per heavy atom. The molecule has 1 aromatic carbocycles. The molecule has 2 aromatic rings. The zero-order valence-electron chi connectivity index (χ0n) is 13.1. The maximum atomic E-state index is 4.93. The Morgan fingerprint density at radius 2 is 2.00 bits per heavy atom. The van der Waals surface area contributed by atoms with Gasteiger partial charge in [0.1, 0.15) is 5.82 Å². The van der Waals surface area contributed by atoms with Gasteiger partial charge in [-0.15, -0.1) is 0 Å². The van der Waals surface area contributed by atoms with Gasteiger partial charge in [0, 0.05) is 13.1 Å². The summed E-state index contributed by atoms with van der Waals surface area (Å²) in [6.45, 7) is 2.18. The van der Waals surface area contributed by atoms with E-state index in [-0.39, 0.29) is 0 Å². The quantitative estimate of drug-likeness (QED) is 0.861. The third-order valence-corrected chi connectivity index (χ3v) is 5.59. The maximum absolute atomic E-state index is 4.93. The van der Waals surface area contributed by atoms with E-state index in [4.69, 9.17) is 4.98 Å². The Morgan fingerprint density at radius 1 is 1.14 bits per heavy atom. The van der Waals surface area contributed by atoms with Gasteiger partial charge in [0.05, 0.1) is 17.1 Å². The molecular weight excluding hydrogens is 258 g/mol. The van der Waals surface area contributed by atoms with Gasteiger partial charge in [-0.25, -0.2) is 4.98 Å². The van der Waals surface area contributed by atoms with Crippen LogP contribution >= 0.6 is 0 Å². The number of benzene rings is 1. The van der Waals surface area contributed by atoms with Crippen molar-refractivity contribution in [2.24, 2.45) is 13.0 Å². The monoisotopic (exact) mass is 283 g/mol. The second-order valence-electron chi connectivity index (χ2n) is 6.92. The van der Waals surface area contributed by atoms with Crippen molar-refractivity contribution in [1.29, 1.82) is 0 Å². The van der Waals surface area contributed by atoms with Crippen molar-refractivity contribution in [3.8, 4) is 0 Å². The van der Waals surface area contributed by atoms with Gasteiger partial charge in [0.2, 0.25) is 0 Å². The number of fused-ring (bicyclic) bond motifs is 2. The first kappa shape index (κ1) is 13.3. The number of para-hydroxylation sites is 1. The van der Waals surface area contributed by atoms with Gasteiger partial charge in [-0.3, -0.25) is 0 Å². The molecule has 1 N–H and O–H groups in total. The molecule has 3 nitrogen and oxygen atoms in total. The number of rotatable bonds is 1. The molecule has 2 fully saturated rings. The summed E-state index contributed by atoms with van der Waals surface area (Å²) in [5.74, 6) is 2.13. The lowest BCUT2D eigenvalue weighted by molar-refractivity contribution is 0.172. The van der Waals surface area contributed by atoms with Gasteiger partial charge in [-0.2, -0.15) is 0 Å². The highest BCUT2D eigenvalue weighted by atomic mass is 15.1. The molecule has 1 saturated carbocycles. The SMILES string of the molecule is Cc1cccc2nc(C3CCC4CCCCC4N3)n(C)c12. The minimum absolute atomic E-state index is 0.432. The van der Waals surface area contributed by atoms with E-state index in [9.17, 15) is 0 Å². The normalized spacial score (nSPS) is 29.5. The van der Waals surface area contributed by atoms with E-state index in [1.54, 1.807) is 0 Å². The fourth-order valence-electron chi connectivity index (χ4n) is 4.49. The van der Waals surface area contributed by atoms with Crippen LogP contribution in [0.25, 0.3) is 11.0 Å². The lowest BCUT2D eigenvalue weighted by atomic mass is 9.77. The van der Waals surface area contributed by atoms with Crippen LogP contribution in [-0.2, 0) is 7.05 Å². The van der Waals surface area contributed by atoms with Gasteiger partial charge >= 0.3 is 0 Å². The smallest absolute Gasteiger partial charge is 0.126 e. The Labute approximate surface area is 126 Å². The summed E-state index contributed by atoms with van der Waals surface area (Å²) in [5.41, 5.74) is 3.75. The number of hydrogen-bond acceptors (Lipinski definition) is 2. The first-order chi connectivity index (χ1) is 10.2. The molecular formula is C18H25N3. The van der Waals surface area contributed by atoms with E-state index in [1.165, 1.54) is 55.4 Å². The lowest BCUT2D eigenvalue weighted by Gasteiger charge is -2.40. The number of aryl methyl sites for hydroxylation is 2. The largest absolute Gasteiger partial charge is 0.330 e. The molecule has 1 aromatic heterocycles. The van der Waals surface area contributed by atoms with Gasteiger partial charge in [-0.1, -0.05) is 25.0 Å². The van der Waals surface area contributed by atoms with Crippen LogP contribution in [-0.4, -0.2) is 15.6 Å². The molecule has 21 heavy (non-hydrogen) atoms. The summed E-state index contributed by atoms with van der Waals surface area (Å²) >= 11 is 0. The summed E-state index contributed by atoms with van der Waals surface area (Å²) in [6, 6.07) is 7.58. The zero-order chi connectivity index (χ0) is 14.4. The van der Waals surface area contributed by atoms with Crippen LogP contribution in [0.15, 0.2) is 18.2 Å². The van der Waals surface area contributed by atoms with E-state index in [2.05, 4.69) is 42.1 Å². The summed E-state index contributed by atoms with van der Waals surface area (Å²) in [7, 11) is 2.17. The molecule has 4 rings (SSSR count). The van der Waals surface area contributed by atoms with Crippen LogP contribution in [0.4, 0.5) is 0 Å². The highest BCUT2D eigenvalue weighted by molar-refractivity contribution is 5.79. The number of piperidine rings is 1. The van der Waals surface area contributed by atoms with Crippen LogP contribution < -0.4 is 5.32 Å². The molecule has 0 spiro atoms. The summed E-state index contributed by atoms with van der Waals surface area (Å²) in [4.78, 5) is 4.93. The van der Waals surface area contributed by atoms with E-state index < -0.39 is 0 Å². The summed E-state index contributed by atoms with van der Waals surface area (Å²) < 4.78 is 2.31. The Kier molecular flexibility index (Phi) is 3.26. The molecule has 1 aliphatic heterocycles. The van der Waals surface area contributed by atoms with Crippen molar-refractivity contribution >= 4 is 11.0 Å². The molecule has 1 aliphatic carbocycles. The summed E-state index contributed by atoms with van der Waals surface area (Å²) in [5, 5.41) is 3.91. The highest BCUT2D eigenvalue weighted by Gasteiger charge is 2.33. The van der Waals surface area contributed by atoms with Crippen molar-refractivity contribution in [3.63, 3.8) is 0 Å². The Balaban J connectivity index is 1.67. The Bertz CT molecular complexity index is 658. The number of nitrogens with one attached hydrogen (secondary N) is 1. The van der Waals surface area contributed by atoms with Crippen LogP contribution in [0, 0.1) is 12.8 Å². The molecule has 1 saturated heterocycles. The standard InChI is InChI=1S/C18H25N3/c1-12-6-5-9-15-17(12)21(2)18(20-15)16-11-10-13-7-3-4-8-14(13)19-16/h5-6,9,13-14,16,19H,3-4,7-8,10-11H2,1-2H3. The molecule has 3 heteroatoms. The van der Waals surface area contributed by atoms with Crippen molar-refractivity contribution < 1.29 is 0 Å². The topological polar surface area (TPSA) is 29.9 Å². The van der Waals surface area contributed by atoms with E-state index >= 15 is 0 Å². The molecule has 2 heterocycles.